The molecule has 0 saturated heterocycles. The van der Waals surface area contributed by atoms with Gasteiger partial charge in [-0.1, -0.05) is 55.5 Å². The fourth-order valence-corrected chi connectivity index (χ4v) is 6.28. The first kappa shape index (κ1) is 34.1. The highest BCUT2D eigenvalue weighted by Gasteiger charge is 2.35. The number of rotatable bonds is 15. The van der Waals surface area contributed by atoms with Crippen LogP contribution in [0, 0.1) is 11.6 Å². The molecule has 0 saturated carbocycles. The van der Waals surface area contributed by atoms with Gasteiger partial charge >= 0.3 is 0 Å². The number of carbonyl (C=O) groups excluding carboxylic acids is 2. The van der Waals surface area contributed by atoms with Crippen LogP contribution in [-0.4, -0.2) is 50.9 Å². The van der Waals surface area contributed by atoms with Gasteiger partial charge in [0, 0.05) is 25.1 Å². The van der Waals surface area contributed by atoms with Crippen LogP contribution in [0.5, 0.6) is 5.75 Å². The van der Waals surface area contributed by atoms with Gasteiger partial charge in [-0.25, -0.2) is 17.2 Å². The lowest BCUT2D eigenvalue weighted by Crippen LogP contribution is -2.53. The van der Waals surface area contributed by atoms with Crippen LogP contribution in [0.1, 0.15) is 31.4 Å². The van der Waals surface area contributed by atoms with Gasteiger partial charge in [0.25, 0.3) is 10.0 Å². The lowest BCUT2D eigenvalue weighted by Gasteiger charge is -2.34. The summed E-state index contributed by atoms with van der Waals surface area (Å²) in [6.45, 7) is 3.42. The maximum Gasteiger partial charge on any atom is 0.264 e. The fraction of sp³-hybridized carbons (Fsp3) is 0.257. The number of nitrogens with one attached hydrogen (secondary N) is 1. The Balaban J connectivity index is 1.80. The van der Waals surface area contributed by atoms with E-state index in [1.165, 1.54) is 35.2 Å². The number of anilines is 1. The second kappa shape index (κ2) is 16.0. The second-order valence-electron chi connectivity index (χ2n) is 10.5. The first-order chi connectivity index (χ1) is 22.1. The number of carbonyl (C=O) groups is 2. The van der Waals surface area contributed by atoms with Crippen molar-refractivity contribution in [3.05, 3.63) is 126 Å². The number of sulfonamides is 1. The third kappa shape index (κ3) is 8.69. The maximum atomic E-state index is 15.0. The second-order valence-corrected chi connectivity index (χ2v) is 12.4. The highest BCUT2D eigenvalue weighted by Crippen LogP contribution is 2.27. The molecule has 1 N–H and O–H groups in total. The third-order valence-electron chi connectivity index (χ3n) is 7.24. The van der Waals surface area contributed by atoms with E-state index in [1.54, 1.807) is 18.2 Å². The Labute approximate surface area is 268 Å². The molecule has 46 heavy (non-hydrogen) atoms. The molecule has 4 aromatic rings. The van der Waals surface area contributed by atoms with Crippen LogP contribution >= 0.6 is 0 Å². The fourth-order valence-electron chi connectivity index (χ4n) is 4.87. The van der Waals surface area contributed by atoms with Gasteiger partial charge in [-0.15, -0.1) is 0 Å². The van der Waals surface area contributed by atoms with Gasteiger partial charge in [0.2, 0.25) is 11.8 Å². The SMILES string of the molecule is CCCNC(=O)[C@@H](Cc1ccccc1)N(Cc1ccccc1F)C(=O)CN(c1ccc(OCC)cc1)S(=O)(=O)c1ccc(F)cc1. The summed E-state index contributed by atoms with van der Waals surface area (Å²) < 4.78 is 63.2. The van der Waals surface area contributed by atoms with E-state index in [2.05, 4.69) is 5.32 Å². The van der Waals surface area contributed by atoms with Crippen molar-refractivity contribution in [1.82, 2.24) is 10.2 Å². The number of hydrogen-bond donors (Lipinski definition) is 1. The third-order valence-corrected chi connectivity index (χ3v) is 9.02. The molecule has 1 atom stereocenters. The van der Waals surface area contributed by atoms with Gasteiger partial charge in [-0.3, -0.25) is 13.9 Å². The molecule has 4 rings (SSSR count). The van der Waals surface area contributed by atoms with E-state index in [1.807, 2.05) is 44.2 Å². The lowest BCUT2D eigenvalue weighted by molar-refractivity contribution is -0.140. The minimum atomic E-state index is -4.42. The van der Waals surface area contributed by atoms with Crippen molar-refractivity contribution in [2.45, 2.75) is 44.2 Å². The molecule has 0 bridgehead atoms. The normalized spacial score (nSPS) is 11.8. The number of nitrogens with zero attached hydrogens (tertiary/aromatic N) is 2. The van der Waals surface area contributed by atoms with E-state index in [0.29, 0.717) is 25.3 Å². The number of halogens is 2. The lowest BCUT2D eigenvalue weighted by atomic mass is 10.0. The molecule has 0 aliphatic rings. The van der Waals surface area contributed by atoms with Crippen LogP contribution in [0.2, 0.25) is 0 Å². The van der Waals surface area contributed by atoms with Crippen molar-refractivity contribution >= 4 is 27.5 Å². The molecule has 0 fully saturated rings. The van der Waals surface area contributed by atoms with E-state index in [-0.39, 0.29) is 29.1 Å². The van der Waals surface area contributed by atoms with Crippen molar-refractivity contribution in [2.24, 2.45) is 0 Å². The molecule has 0 aliphatic carbocycles. The molecule has 0 spiro atoms. The van der Waals surface area contributed by atoms with Crippen LogP contribution in [0.25, 0.3) is 0 Å². The zero-order valence-electron chi connectivity index (χ0n) is 25.7. The van der Waals surface area contributed by atoms with Crippen LogP contribution in [0.4, 0.5) is 14.5 Å². The molecule has 8 nitrogen and oxygen atoms in total. The van der Waals surface area contributed by atoms with Crippen molar-refractivity contribution in [2.75, 3.05) is 24.0 Å². The Bertz CT molecular complexity index is 1700. The zero-order valence-corrected chi connectivity index (χ0v) is 26.6. The Morgan fingerprint density at radius 3 is 2.13 bits per heavy atom. The summed E-state index contributed by atoms with van der Waals surface area (Å²) in [7, 11) is -4.42. The maximum absolute atomic E-state index is 15.0. The molecule has 0 radical (unpaired) electrons. The Kier molecular flexibility index (Phi) is 11.9. The average molecular weight is 650 g/mol. The Morgan fingerprint density at radius 1 is 0.848 bits per heavy atom. The number of ether oxygens (including phenoxy) is 1. The van der Waals surface area contributed by atoms with E-state index in [9.17, 15) is 26.8 Å². The summed E-state index contributed by atoms with van der Waals surface area (Å²) in [5.74, 6) is -1.90. The first-order valence-corrected chi connectivity index (χ1v) is 16.4. The molecular formula is C35H37F2N3O5S. The van der Waals surface area contributed by atoms with Crippen LogP contribution in [0.15, 0.2) is 108 Å². The number of benzene rings is 4. The molecule has 0 aromatic heterocycles. The van der Waals surface area contributed by atoms with Gasteiger partial charge in [0.15, 0.2) is 0 Å². The minimum Gasteiger partial charge on any atom is -0.494 e. The zero-order chi connectivity index (χ0) is 33.1. The van der Waals surface area contributed by atoms with E-state index in [0.717, 1.165) is 34.1 Å². The Morgan fingerprint density at radius 2 is 1.50 bits per heavy atom. The van der Waals surface area contributed by atoms with Gasteiger partial charge in [0.1, 0.15) is 30.0 Å². The summed E-state index contributed by atoms with van der Waals surface area (Å²) in [5.41, 5.74) is 1.06. The summed E-state index contributed by atoms with van der Waals surface area (Å²) in [6, 6.07) is 24.3. The van der Waals surface area contributed by atoms with Crippen molar-refractivity contribution in [1.29, 1.82) is 0 Å². The minimum absolute atomic E-state index is 0.102. The smallest absolute Gasteiger partial charge is 0.264 e. The van der Waals surface area contributed by atoms with Crippen molar-refractivity contribution in [3.8, 4) is 5.75 Å². The quantitative estimate of drug-likeness (QED) is 0.178. The summed E-state index contributed by atoms with van der Waals surface area (Å²) >= 11 is 0. The van der Waals surface area contributed by atoms with Gasteiger partial charge in [-0.2, -0.15) is 0 Å². The highest BCUT2D eigenvalue weighted by molar-refractivity contribution is 7.92. The van der Waals surface area contributed by atoms with Gasteiger partial charge in [0.05, 0.1) is 17.2 Å². The molecule has 2 amide bonds. The van der Waals surface area contributed by atoms with E-state index < -0.39 is 46.1 Å². The first-order valence-electron chi connectivity index (χ1n) is 15.0. The van der Waals surface area contributed by atoms with Crippen molar-refractivity contribution < 1.29 is 31.5 Å². The number of amides is 2. The van der Waals surface area contributed by atoms with Crippen molar-refractivity contribution in [3.63, 3.8) is 0 Å². The summed E-state index contributed by atoms with van der Waals surface area (Å²) in [6.07, 6.45) is 0.747. The highest BCUT2D eigenvalue weighted by atomic mass is 32.2. The molecule has 0 aliphatic heterocycles. The van der Waals surface area contributed by atoms with E-state index in [4.69, 9.17) is 4.74 Å². The molecule has 0 heterocycles. The largest absolute Gasteiger partial charge is 0.494 e. The van der Waals surface area contributed by atoms with Gasteiger partial charge < -0.3 is 15.0 Å². The predicted octanol–water partition coefficient (Wildman–Crippen LogP) is 5.73. The summed E-state index contributed by atoms with van der Waals surface area (Å²) in [5, 5.41) is 2.85. The van der Waals surface area contributed by atoms with Gasteiger partial charge in [-0.05, 0) is 73.5 Å². The van der Waals surface area contributed by atoms with Crippen LogP contribution in [-0.2, 0) is 32.6 Å². The molecule has 11 heteroatoms. The van der Waals surface area contributed by atoms with Crippen LogP contribution in [0.3, 0.4) is 0 Å². The standard InChI is InChI=1S/C35H37F2N3O5S/c1-3-22-38-35(42)33(23-26-10-6-5-7-11-26)39(24-27-12-8-9-13-32(27)37)34(41)25-40(29-16-18-30(19-17-29)45-4-2)46(43,44)31-20-14-28(36)15-21-31/h5-21,33H,3-4,22-25H2,1-2H3,(H,38,42)/t33-/m1/s1. The van der Waals surface area contributed by atoms with Crippen LogP contribution < -0.4 is 14.4 Å². The average Bonchev–Trinajstić information content (AvgIpc) is 3.06. The topological polar surface area (TPSA) is 96.0 Å². The summed E-state index contributed by atoms with van der Waals surface area (Å²) in [4.78, 5) is 29.0. The molecule has 0 unspecified atom stereocenters. The monoisotopic (exact) mass is 649 g/mol. The molecular weight excluding hydrogens is 612 g/mol. The van der Waals surface area contributed by atoms with E-state index >= 15 is 0 Å². The Hall–Kier alpha value is -4.77. The molecule has 242 valence electrons. The predicted molar refractivity (Wildman–Crippen MR) is 173 cm³/mol. The number of hydrogen-bond acceptors (Lipinski definition) is 5. The molecule has 4 aromatic carbocycles.